The van der Waals surface area contributed by atoms with Crippen molar-refractivity contribution in [1.82, 2.24) is 0 Å². The van der Waals surface area contributed by atoms with E-state index in [9.17, 15) is 8.42 Å². The summed E-state index contributed by atoms with van der Waals surface area (Å²) in [6.45, 7) is 0. The second kappa shape index (κ2) is 7.43. The molecule has 0 saturated heterocycles. The molecule has 0 atom stereocenters. The van der Waals surface area contributed by atoms with Crippen LogP contribution in [0.4, 0.5) is 0 Å². The number of hydrogen-bond acceptors (Lipinski definition) is 3. The molecule has 2 rings (SSSR count). The third kappa shape index (κ3) is 5.36. The first-order valence-electron chi connectivity index (χ1n) is 6.55. The Balaban J connectivity index is 1.97. The maximum Gasteiger partial charge on any atom is 0.253 e. The van der Waals surface area contributed by atoms with Crippen LogP contribution in [0.25, 0.3) is 0 Å². The number of benzene rings is 2. The minimum atomic E-state index is -3.43. The van der Waals surface area contributed by atoms with E-state index < -0.39 is 10.0 Å². The van der Waals surface area contributed by atoms with Gasteiger partial charge in [-0.25, -0.2) is 8.42 Å². The SMILES string of the molecule is CSc1ccc(C=NS(=O)(=O)CCc2ccccc2)cc1. The van der Waals surface area contributed by atoms with Gasteiger partial charge >= 0.3 is 0 Å². The smallest absolute Gasteiger partial charge is 0.205 e. The fourth-order valence-electron chi connectivity index (χ4n) is 1.78. The van der Waals surface area contributed by atoms with Gasteiger partial charge in [-0.2, -0.15) is 4.40 Å². The fraction of sp³-hybridized carbons (Fsp3) is 0.188. The van der Waals surface area contributed by atoms with Gasteiger partial charge in [0.1, 0.15) is 0 Å². The van der Waals surface area contributed by atoms with E-state index >= 15 is 0 Å². The van der Waals surface area contributed by atoms with Crippen LogP contribution < -0.4 is 0 Å². The van der Waals surface area contributed by atoms with E-state index in [-0.39, 0.29) is 5.75 Å². The molecule has 0 aliphatic heterocycles. The Hall–Kier alpha value is -1.59. The highest BCUT2D eigenvalue weighted by Gasteiger charge is 2.07. The third-order valence-corrected chi connectivity index (χ3v) is 4.86. The maximum atomic E-state index is 11.9. The molecule has 3 nitrogen and oxygen atoms in total. The lowest BCUT2D eigenvalue weighted by Gasteiger charge is -2.00. The number of nitrogens with zero attached hydrogens (tertiary/aromatic N) is 1. The predicted molar refractivity (Wildman–Crippen MR) is 89.7 cm³/mol. The quantitative estimate of drug-likeness (QED) is 0.605. The average molecular weight is 319 g/mol. The summed E-state index contributed by atoms with van der Waals surface area (Å²) in [6.07, 6.45) is 3.88. The van der Waals surface area contributed by atoms with E-state index in [2.05, 4.69) is 4.40 Å². The highest BCUT2D eigenvalue weighted by molar-refractivity contribution is 7.98. The van der Waals surface area contributed by atoms with Crippen molar-refractivity contribution in [3.05, 3.63) is 65.7 Å². The summed E-state index contributed by atoms with van der Waals surface area (Å²) in [5.41, 5.74) is 1.79. The van der Waals surface area contributed by atoms with Crippen LogP contribution in [0.1, 0.15) is 11.1 Å². The Morgan fingerprint density at radius 2 is 1.71 bits per heavy atom. The molecule has 0 aliphatic carbocycles. The first kappa shape index (κ1) is 15.8. The van der Waals surface area contributed by atoms with Gasteiger partial charge in [0.15, 0.2) is 0 Å². The Labute approximate surface area is 130 Å². The lowest BCUT2D eigenvalue weighted by molar-refractivity contribution is 0.597. The van der Waals surface area contributed by atoms with Crippen molar-refractivity contribution in [3.8, 4) is 0 Å². The van der Waals surface area contributed by atoms with Crippen molar-refractivity contribution in [1.29, 1.82) is 0 Å². The minimum Gasteiger partial charge on any atom is -0.205 e. The largest absolute Gasteiger partial charge is 0.253 e. The maximum absolute atomic E-state index is 11.9. The molecule has 0 N–H and O–H groups in total. The van der Waals surface area contributed by atoms with E-state index in [1.165, 1.54) is 6.21 Å². The molecule has 0 unspecified atom stereocenters. The van der Waals surface area contributed by atoms with E-state index in [4.69, 9.17) is 0 Å². The Morgan fingerprint density at radius 3 is 2.33 bits per heavy atom. The molecule has 0 spiro atoms. The first-order chi connectivity index (χ1) is 10.1. The van der Waals surface area contributed by atoms with Crippen molar-refractivity contribution in [3.63, 3.8) is 0 Å². The van der Waals surface area contributed by atoms with E-state index in [1.54, 1.807) is 11.8 Å². The topological polar surface area (TPSA) is 46.5 Å². The molecule has 0 bridgehead atoms. The van der Waals surface area contributed by atoms with Crippen LogP contribution in [0.3, 0.4) is 0 Å². The van der Waals surface area contributed by atoms with E-state index in [1.807, 2.05) is 60.9 Å². The Bertz CT molecular complexity index is 693. The molecule has 0 amide bonds. The molecule has 0 aliphatic rings. The van der Waals surface area contributed by atoms with Crippen molar-refractivity contribution < 1.29 is 8.42 Å². The minimum absolute atomic E-state index is 0.0242. The summed E-state index contributed by atoms with van der Waals surface area (Å²) in [6, 6.07) is 17.2. The average Bonchev–Trinajstić information content (AvgIpc) is 2.53. The zero-order valence-electron chi connectivity index (χ0n) is 11.8. The van der Waals surface area contributed by atoms with Crippen molar-refractivity contribution in [2.45, 2.75) is 11.3 Å². The summed E-state index contributed by atoms with van der Waals surface area (Å²) >= 11 is 1.64. The summed E-state index contributed by atoms with van der Waals surface area (Å²) < 4.78 is 27.5. The van der Waals surface area contributed by atoms with Gasteiger partial charge in [-0.1, -0.05) is 42.5 Å². The molecule has 5 heteroatoms. The third-order valence-electron chi connectivity index (χ3n) is 2.97. The van der Waals surface area contributed by atoms with Gasteiger partial charge in [0.2, 0.25) is 0 Å². The van der Waals surface area contributed by atoms with Gasteiger partial charge in [-0.15, -0.1) is 11.8 Å². The highest BCUT2D eigenvalue weighted by atomic mass is 32.2. The molecular formula is C16H17NO2S2. The summed E-state index contributed by atoms with van der Waals surface area (Å²) in [7, 11) is -3.43. The number of thioether (sulfide) groups is 1. The molecule has 21 heavy (non-hydrogen) atoms. The molecule has 0 fully saturated rings. The summed E-state index contributed by atoms with van der Waals surface area (Å²) in [4.78, 5) is 1.14. The second-order valence-electron chi connectivity index (χ2n) is 4.53. The lowest BCUT2D eigenvalue weighted by Crippen LogP contribution is -2.06. The molecule has 0 aromatic heterocycles. The molecule has 0 heterocycles. The van der Waals surface area contributed by atoms with Crippen LogP contribution in [-0.2, 0) is 16.4 Å². The van der Waals surface area contributed by atoms with Crippen LogP contribution in [0, 0.1) is 0 Å². The van der Waals surface area contributed by atoms with Crippen LogP contribution >= 0.6 is 11.8 Å². The van der Waals surface area contributed by atoms with Crippen molar-refractivity contribution >= 4 is 28.0 Å². The van der Waals surface area contributed by atoms with Gasteiger partial charge in [-0.3, -0.25) is 0 Å². The molecule has 110 valence electrons. The van der Waals surface area contributed by atoms with E-state index in [0.29, 0.717) is 6.42 Å². The first-order valence-corrected chi connectivity index (χ1v) is 9.38. The molecule has 0 saturated carbocycles. The molecule has 0 radical (unpaired) electrons. The zero-order chi connectivity index (χ0) is 15.1. The van der Waals surface area contributed by atoms with Crippen molar-refractivity contribution in [2.75, 3.05) is 12.0 Å². The standard InChI is InChI=1S/C16H17NO2S2/c1-20-16-9-7-15(8-10-16)13-17-21(18,19)12-11-14-5-3-2-4-6-14/h2-10,13H,11-12H2,1H3. The Kier molecular flexibility index (Phi) is 5.59. The normalized spacial score (nSPS) is 11.9. The lowest BCUT2D eigenvalue weighted by atomic mass is 10.2. The number of rotatable bonds is 6. The van der Waals surface area contributed by atoms with Crippen LogP contribution in [0.15, 0.2) is 63.9 Å². The van der Waals surface area contributed by atoms with Crippen LogP contribution in [-0.4, -0.2) is 26.6 Å². The fourth-order valence-corrected chi connectivity index (χ4v) is 3.06. The number of aryl methyl sites for hydroxylation is 1. The Morgan fingerprint density at radius 1 is 1.05 bits per heavy atom. The summed E-state index contributed by atoms with van der Waals surface area (Å²) in [5.74, 6) is 0.0242. The van der Waals surface area contributed by atoms with Gasteiger partial charge in [0, 0.05) is 11.1 Å². The van der Waals surface area contributed by atoms with Crippen LogP contribution in [0.2, 0.25) is 0 Å². The predicted octanol–water partition coefficient (Wildman–Crippen LogP) is 3.40. The van der Waals surface area contributed by atoms with Crippen LogP contribution in [0.5, 0.6) is 0 Å². The van der Waals surface area contributed by atoms with Gasteiger partial charge in [0.25, 0.3) is 10.0 Å². The van der Waals surface area contributed by atoms with Crippen molar-refractivity contribution in [2.24, 2.45) is 4.40 Å². The molecular weight excluding hydrogens is 302 g/mol. The number of sulfonamides is 1. The molecule has 2 aromatic rings. The van der Waals surface area contributed by atoms with Gasteiger partial charge < -0.3 is 0 Å². The molecule has 2 aromatic carbocycles. The summed E-state index contributed by atoms with van der Waals surface area (Å²) in [5, 5.41) is 0. The van der Waals surface area contributed by atoms with E-state index in [0.717, 1.165) is 16.0 Å². The monoisotopic (exact) mass is 319 g/mol. The number of hydrogen-bond donors (Lipinski definition) is 0. The zero-order valence-corrected chi connectivity index (χ0v) is 13.4. The van der Waals surface area contributed by atoms with Gasteiger partial charge in [0.05, 0.1) is 5.75 Å². The van der Waals surface area contributed by atoms with Gasteiger partial charge in [-0.05, 0) is 35.9 Å². The highest BCUT2D eigenvalue weighted by Crippen LogP contribution is 2.14. The second-order valence-corrected chi connectivity index (χ2v) is 7.19.